The molecular formula is C30H24NS+. The maximum atomic E-state index is 2.38. The molecule has 5 aromatic rings. The number of pyridine rings is 1. The Morgan fingerprint density at radius 1 is 0.500 bits per heavy atom. The molecule has 0 aliphatic rings. The Kier molecular flexibility index (Phi) is 6.13. The second-order valence-electron chi connectivity index (χ2n) is 7.64. The van der Waals surface area contributed by atoms with Crippen molar-refractivity contribution in [1.82, 2.24) is 0 Å². The summed E-state index contributed by atoms with van der Waals surface area (Å²) in [6, 6.07) is 47.3. The van der Waals surface area contributed by atoms with Gasteiger partial charge in [-0.1, -0.05) is 109 Å². The van der Waals surface area contributed by atoms with Crippen molar-refractivity contribution < 1.29 is 4.57 Å². The first-order valence-electron chi connectivity index (χ1n) is 10.8. The largest absolute Gasteiger partial charge is 0.247 e. The number of hydrogen-bond donors (Lipinski definition) is 0. The molecule has 0 aliphatic carbocycles. The number of aromatic nitrogens is 1. The Hall–Kier alpha value is -3.62. The van der Waals surface area contributed by atoms with Crippen molar-refractivity contribution in [3.05, 3.63) is 139 Å². The Morgan fingerprint density at radius 3 is 1.66 bits per heavy atom. The summed E-state index contributed by atoms with van der Waals surface area (Å²) < 4.78 is 2.38. The van der Waals surface area contributed by atoms with Crippen molar-refractivity contribution in [2.45, 2.75) is 10.8 Å². The van der Waals surface area contributed by atoms with E-state index in [0.717, 1.165) is 5.75 Å². The average molecular weight is 431 g/mol. The van der Waals surface area contributed by atoms with Crippen LogP contribution in [-0.2, 0) is 5.75 Å². The van der Waals surface area contributed by atoms with E-state index in [0.29, 0.717) is 0 Å². The van der Waals surface area contributed by atoms with Crippen LogP contribution in [0.1, 0.15) is 5.56 Å². The summed E-state index contributed by atoms with van der Waals surface area (Å²) >= 11 is 1.88. The molecular weight excluding hydrogens is 406 g/mol. The van der Waals surface area contributed by atoms with Gasteiger partial charge in [0.25, 0.3) is 0 Å². The zero-order valence-electron chi connectivity index (χ0n) is 17.8. The molecule has 0 N–H and O–H groups in total. The predicted octanol–water partition coefficient (Wildman–Crippen LogP) is 7.59. The fourth-order valence-electron chi connectivity index (χ4n) is 3.87. The van der Waals surface area contributed by atoms with Crippen molar-refractivity contribution in [2.24, 2.45) is 0 Å². The lowest BCUT2D eigenvalue weighted by Crippen LogP contribution is -2.36. The van der Waals surface area contributed by atoms with Crippen LogP contribution in [0.15, 0.2) is 138 Å². The van der Waals surface area contributed by atoms with Gasteiger partial charge in [0.15, 0.2) is 0 Å². The highest BCUT2D eigenvalue weighted by atomic mass is 32.2. The van der Waals surface area contributed by atoms with E-state index >= 15 is 0 Å². The summed E-state index contributed by atoms with van der Waals surface area (Å²) in [5.41, 5.74) is 7.34. The van der Waals surface area contributed by atoms with Gasteiger partial charge >= 0.3 is 0 Å². The van der Waals surface area contributed by atoms with Crippen molar-refractivity contribution in [1.29, 1.82) is 0 Å². The molecule has 32 heavy (non-hydrogen) atoms. The molecule has 0 saturated heterocycles. The molecule has 0 saturated carbocycles. The van der Waals surface area contributed by atoms with Gasteiger partial charge in [-0.15, -0.1) is 4.57 Å². The summed E-state index contributed by atoms with van der Waals surface area (Å²) in [6.45, 7) is 0. The van der Waals surface area contributed by atoms with Gasteiger partial charge in [0.05, 0.1) is 0 Å². The molecule has 1 aromatic heterocycles. The Morgan fingerprint density at radius 2 is 1.03 bits per heavy atom. The monoisotopic (exact) mass is 430 g/mol. The topological polar surface area (TPSA) is 3.88 Å². The molecule has 1 heterocycles. The van der Waals surface area contributed by atoms with Crippen molar-refractivity contribution >= 4 is 11.8 Å². The van der Waals surface area contributed by atoms with Gasteiger partial charge in [-0.3, -0.25) is 0 Å². The number of para-hydroxylation sites is 1. The van der Waals surface area contributed by atoms with Crippen LogP contribution in [0.5, 0.6) is 0 Å². The Balaban J connectivity index is 1.71. The molecule has 2 heteroatoms. The highest BCUT2D eigenvalue weighted by Crippen LogP contribution is 2.31. The van der Waals surface area contributed by atoms with Crippen LogP contribution in [0, 0.1) is 0 Å². The van der Waals surface area contributed by atoms with Crippen LogP contribution >= 0.6 is 11.8 Å². The summed E-state index contributed by atoms with van der Waals surface area (Å²) in [5.74, 6) is 0.917. The molecule has 0 spiro atoms. The molecule has 0 radical (unpaired) electrons. The predicted molar refractivity (Wildman–Crippen MR) is 135 cm³/mol. The lowest BCUT2D eigenvalue weighted by Gasteiger charge is -2.12. The molecule has 0 fully saturated rings. The number of benzene rings is 4. The van der Waals surface area contributed by atoms with Crippen molar-refractivity contribution in [3.63, 3.8) is 0 Å². The van der Waals surface area contributed by atoms with Gasteiger partial charge < -0.3 is 0 Å². The molecule has 0 bridgehead atoms. The molecule has 154 valence electrons. The SMILES string of the molecule is c1ccc(CSc2cc(-c3ccccc3)cc(-c3ccccc3)[n+]2-c2ccccc2)cc1. The van der Waals surface area contributed by atoms with Crippen LogP contribution in [-0.4, -0.2) is 0 Å². The zero-order valence-corrected chi connectivity index (χ0v) is 18.6. The highest BCUT2D eigenvalue weighted by Gasteiger charge is 2.24. The van der Waals surface area contributed by atoms with E-state index in [-0.39, 0.29) is 0 Å². The lowest BCUT2D eigenvalue weighted by atomic mass is 10.0. The molecule has 4 aromatic carbocycles. The fraction of sp³-hybridized carbons (Fsp3) is 0.0333. The van der Waals surface area contributed by atoms with Crippen LogP contribution in [0.4, 0.5) is 0 Å². The first-order valence-corrected chi connectivity index (χ1v) is 11.8. The Labute approximate surface area is 194 Å². The minimum Gasteiger partial charge on any atom is -0.147 e. The molecule has 0 atom stereocenters. The number of rotatable bonds is 6. The summed E-state index contributed by atoms with van der Waals surface area (Å²) in [6.07, 6.45) is 0. The summed E-state index contributed by atoms with van der Waals surface area (Å²) in [7, 11) is 0. The van der Waals surface area contributed by atoms with Gasteiger partial charge in [0.1, 0.15) is 0 Å². The molecule has 1 nitrogen and oxygen atoms in total. The van der Waals surface area contributed by atoms with Gasteiger partial charge in [-0.25, -0.2) is 0 Å². The van der Waals surface area contributed by atoms with Gasteiger partial charge in [0, 0.05) is 35.6 Å². The number of thioether (sulfide) groups is 1. The van der Waals surface area contributed by atoms with E-state index in [9.17, 15) is 0 Å². The maximum absolute atomic E-state index is 2.38. The fourth-order valence-corrected chi connectivity index (χ4v) is 4.92. The van der Waals surface area contributed by atoms with E-state index in [1.165, 1.54) is 38.7 Å². The van der Waals surface area contributed by atoms with Crippen molar-refractivity contribution in [3.8, 4) is 28.1 Å². The summed E-state index contributed by atoms with van der Waals surface area (Å²) in [4.78, 5) is 0. The van der Waals surface area contributed by atoms with E-state index in [4.69, 9.17) is 0 Å². The van der Waals surface area contributed by atoms with Crippen molar-refractivity contribution in [2.75, 3.05) is 0 Å². The number of hydrogen-bond acceptors (Lipinski definition) is 1. The second-order valence-corrected chi connectivity index (χ2v) is 8.64. The summed E-state index contributed by atoms with van der Waals surface area (Å²) in [5, 5.41) is 1.22. The molecule has 5 rings (SSSR count). The van der Waals surface area contributed by atoms with E-state index in [1.54, 1.807) is 0 Å². The van der Waals surface area contributed by atoms with Gasteiger partial charge in [0.2, 0.25) is 16.4 Å². The van der Waals surface area contributed by atoms with Crippen LogP contribution in [0.3, 0.4) is 0 Å². The lowest BCUT2D eigenvalue weighted by molar-refractivity contribution is -0.624. The smallest absolute Gasteiger partial charge is 0.147 e. The van der Waals surface area contributed by atoms with Gasteiger partial charge in [-0.05, 0) is 28.8 Å². The van der Waals surface area contributed by atoms with Crippen LogP contribution < -0.4 is 4.57 Å². The first-order chi connectivity index (χ1) is 15.9. The molecule has 0 amide bonds. The van der Waals surface area contributed by atoms with E-state index < -0.39 is 0 Å². The van der Waals surface area contributed by atoms with Crippen LogP contribution in [0.2, 0.25) is 0 Å². The quantitative estimate of drug-likeness (QED) is 0.198. The van der Waals surface area contributed by atoms with Gasteiger partial charge in [-0.2, -0.15) is 0 Å². The minimum absolute atomic E-state index is 0.917. The molecule has 0 unspecified atom stereocenters. The van der Waals surface area contributed by atoms with E-state index in [2.05, 4.69) is 138 Å². The Bertz CT molecular complexity index is 1280. The standard InChI is InChI=1S/C30H24NS/c1-5-13-24(14-6-1)23-32-30-22-27(25-15-7-2-8-16-25)21-29(26-17-9-3-10-18-26)31(30)28-19-11-4-12-20-28/h1-22H,23H2/q+1. The van der Waals surface area contributed by atoms with Crippen LogP contribution in [0.25, 0.3) is 28.1 Å². The highest BCUT2D eigenvalue weighted by molar-refractivity contribution is 7.98. The maximum Gasteiger partial charge on any atom is 0.247 e. The number of nitrogens with zero attached hydrogens (tertiary/aromatic N) is 1. The average Bonchev–Trinajstić information content (AvgIpc) is 2.89. The second kappa shape index (κ2) is 9.67. The first kappa shape index (κ1) is 20.3. The normalized spacial score (nSPS) is 10.8. The van der Waals surface area contributed by atoms with E-state index in [1.807, 2.05) is 11.8 Å². The zero-order chi connectivity index (χ0) is 21.6. The minimum atomic E-state index is 0.917. The third-order valence-corrected chi connectivity index (χ3v) is 6.53. The third kappa shape index (κ3) is 4.51. The molecule has 0 aliphatic heterocycles. The third-order valence-electron chi connectivity index (χ3n) is 5.45.